The van der Waals surface area contributed by atoms with Gasteiger partial charge >= 0.3 is 84.5 Å². The van der Waals surface area contributed by atoms with Crippen LogP contribution in [0.15, 0.2) is 18.2 Å². The number of benzene rings is 1. The molecule has 0 radical (unpaired) electrons. The topological polar surface area (TPSA) is 38.7 Å². The predicted molar refractivity (Wildman–Crippen MR) is 45.8 cm³/mol. The van der Waals surface area contributed by atoms with Crippen LogP contribution in [0, 0.1) is 0 Å². The number of aromatic hydroxyl groups is 1. The van der Waals surface area contributed by atoms with Gasteiger partial charge in [0, 0.05) is 0 Å². The van der Waals surface area contributed by atoms with Gasteiger partial charge in [-0.2, -0.15) is 0 Å². The summed E-state index contributed by atoms with van der Waals surface area (Å²) in [5.74, 6) is 0.750. The maximum atomic E-state index is 9.18. The van der Waals surface area contributed by atoms with E-state index in [1.165, 1.54) is 6.07 Å². The molecule has 1 rings (SSSR count). The van der Waals surface area contributed by atoms with Crippen LogP contribution in [0.2, 0.25) is 0 Å². The van der Waals surface area contributed by atoms with Crippen LogP contribution in [0.5, 0.6) is 11.5 Å². The van der Waals surface area contributed by atoms with Crippen LogP contribution in [-0.4, -0.2) is 23.9 Å². The van der Waals surface area contributed by atoms with Crippen molar-refractivity contribution in [2.75, 3.05) is 14.2 Å². The number of phenolic OH excluding ortho intramolecular Hbond substituents is 1. The maximum absolute atomic E-state index is 9.18. The van der Waals surface area contributed by atoms with E-state index in [1.807, 2.05) is 0 Å². The van der Waals surface area contributed by atoms with Crippen molar-refractivity contribution in [3.8, 4) is 11.5 Å². The fraction of sp³-hybridized carbons (Fsp3) is 0.222. The van der Waals surface area contributed by atoms with E-state index in [0.717, 1.165) is 5.56 Å². The van der Waals surface area contributed by atoms with Crippen molar-refractivity contribution in [2.45, 2.75) is 0 Å². The molecule has 0 heterocycles. The molecule has 70 valence electrons. The van der Waals surface area contributed by atoms with Crippen LogP contribution < -0.4 is 4.74 Å². The van der Waals surface area contributed by atoms with Crippen molar-refractivity contribution < 1.29 is 30.4 Å². The van der Waals surface area contributed by atoms with Crippen molar-refractivity contribution in [1.29, 1.82) is 0 Å². The van der Waals surface area contributed by atoms with Crippen LogP contribution in [0.1, 0.15) is 5.56 Å². The molecular formula is C9H10CrO3. The van der Waals surface area contributed by atoms with Gasteiger partial charge in [-0.15, -0.1) is 0 Å². The molecule has 0 amide bonds. The molecule has 0 saturated heterocycles. The van der Waals surface area contributed by atoms with E-state index in [9.17, 15) is 5.11 Å². The van der Waals surface area contributed by atoms with Gasteiger partial charge in [0.25, 0.3) is 0 Å². The fourth-order valence-corrected chi connectivity index (χ4v) is 1.22. The molecule has 0 aliphatic carbocycles. The minimum absolute atomic E-state index is 0.171. The monoisotopic (exact) mass is 218 g/mol. The van der Waals surface area contributed by atoms with Gasteiger partial charge < -0.3 is 0 Å². The summed E-state index contributed by atoms with van der Waals surface area (Å²) < 4.78 is 10.7. The van der Waals surface area contributed by atoms with Crippen molar-refractivity contribution in [2.24, 2.45) is 0 Å². The summed E-state index contributed by atoms with van der Waals surface area (Å²) in [6.07, 6.45) is 0. The number of phenols is 1. The quantitative estimate of drug-likeness (QED) is 0.824. The first-order valence-electron chi connectivity index (χ1n) is 3.64. The average molecular weight is 218 g/mol. The normalized spacial score (nSPS) is 9.69. The molecule has 3 nitrogen and oxygen atoms in total. The van der Waals surface area contributed by atoms with Crippen LogP contribution in [-0.2, 0) is 20.6 Å². The summed E-state index contributed by atoms with van der Waals surface area (Å²) in [7, 11) is 3.11. The third-order valence-corrected chi connectivity index (χ3v) is 2.19. The molecule has 0 unspecified atom stereocenters. The second kappa shape index (κ2) is 4.43. The number of hydrogen-bond acceptors (Lipinski definition) is 3. The Hall–Kier alpha value is -0.818. The van der Waals surface area contributed by atoms with Gasteiger partial charge in [0.05, 0.1) is 0 Å². The molecule has 1 aromatic rings. The molecule has 13 heavy (non-hydrogen) atoms. The van der Waals surface area contributed by atoms with E-state index in [-0.39, 0.29) is 5.75 Å². The summed E-state index contributed by atoms with van der Waals surface area (Å²) in [4.78, 5) is 0. The van der Waals surface area contributed by atoms with Gasteiger partial charge in [0.15, 0.2) is 0 Å². The molecule has 0 aliphatic rings. The van der Waals surface area contributed by atoms with E-state index in [4.69, 9.17) is 9.47 Å². The first-order valence-corrected chi connectivity index (χ1v) is 4.28. The molecule has 0 saturated carbocycles. The molecule has 0 atom stereocenters. The molecule has 1 N–H and O–H groups in total. The Morgan fingerprint density at radius 3 is 2.62 bits per heavy atom. The van der Waals surface area contributed by atoms with Crippen molar-refractivity contribution >= 4 is 4.57 Å². The average Bonchev–Trinajstić information content (AvgIpc) is 2.16. The van der Waals surface area contributed by atoms with E-state index in [0.29, 0.717) is 10.3 Å². The van der Waals surface area contributed by atoms with Gasteiger partial charge in [-0.1, -0.05) is 0 Å². The van der Waals surface area contributed by atoms with Crippen LogP contribution in [0.4, 0.5) is 0 Å². The number of ether oxygens (including phenoxy) is 2. The van der Waals surface area contributed by atoms with Crippen molar-refractivity contribution in [3.63, 3.8) is 0 Å². The third kappa shape index (κ3) is 2.31. The molecular weight excluding hydrogens is 208 g/mol. The Bertz CT molecular complexity index is 323. The van der Waals surface area contributed by atoms with E-state index in [2.05, 4.69) is 15.9 Å². The molecule has 4 heteroatoms. The standard InChI is InChI=1S/C9H10O3.Cr/c1-11-6-7-3-4-8(10)5-9(7)12-2;/h3-5,10H,1-2H3;. The molecule has 0 bridgehead atoms. The Morgan fingerprint density at radius 1 is 1.38 bits per heavy atom. The van der Waals surface area contributed by atoms with E-state index >= 15 is 0 Å². The Labute approximate surface area is 84.9 Å². The van der Waals surface area contributed by atoms with Gasteiger partial charge in [-0.3, -0.25) is 0 Å². The molecule has 0 aliphatic heterocycles. The molecule has 0 aromatic heterocycles. The van der Waals surface area contributed by atoms with Crippen LogP contribution >= 0.6 is 0 Å². The van der Waals surface area contributed by atoms with E-state index < -0.39 is 0 Å². The summed E-state index contributed by atoms with van der Waals surface area (Å²) >= 11 is 2.77. The van der Waals surface area contributed by atoms with E-state index in [1.54, 1.807) is 26.4 Å². The zero-order valence-corrected chi connectivity index (χ0v) is 8.68. The number of hydrogen-bond donors (Lipinski definition) is 1. The first kappa shape index (κ1) is 10.3. The SMILES string of the molecule is CO[C](=[Cr])c1ccc(O)cc1OC. The predicted octanol–water partition coefficient (Wildman–Crippen LogP) is 1.07. The summed E-state index contributed by atoms with van der Waals surface area (Å²) in [6, 6.07) is 4.84. The Balaban J connectivity index is 3.13. The summed E-state index contributed by atoms with van der Waals surface area (Å²) in [5, 5.41) is 9.18. The zero-order chi connectivity index (χ0) is 9.84. The Kier molecular flexibility index (Phi) is 3.50. The molecule has 0 spiro atoms. The Morgan fingerprint density at radius 2 is 2.08 bits per heavy atom. The van der Waals surface area contributed by atoms with Gasteiger partial charge in [0.1, 0.15) is 0 Å². The summed E-state index contributed by atoms with van der Waals surface area (Å²) in [6.45, 7) is 0. The first-order chi connectivity index (χ1) is 6.19. The molecule has 1 aromatic carbocycles. The summed E-state index contributed by atoms with van der Waals surface area (Å²) in [5.41, 5.74) is 0.794. The fourth-order valence-electron chi connectivity index (χ4n) is 0.958. The third-order valence-electron chi connectivity index (χ3n) is 1.59. The number of methoxy groups -OCH3 is 2. The van der Waals surface area contributed by atoms with Crippen LogP contribution in [0.3, 0.4) is 0 Å². The zero-order valence-electron chi connectivity index (χ0n) is 7.40. The van der Waals surface area contributed by atoms with Gasteiger partial charge in [0.2, 0.25) is 0 Å². The minimum atomic E-state index is 0.171. The van der Waals surface area contributed by atoms with Crippen molar-refractivity contribution in [3.05, 3.63) is 23.8 Å². The number of rotatable bonds is 3. The van der Waals surface area contributed by atoms with Gasteiger partial charge in [-0.25, -0.2) is 0 Å². The second-order valence-corrected chi connectivity index (χ2v) is 2.96. The van der Waals surface area contributed by atoms with Gasteiger partial charge in [-0.05, 0) is 0 Å². The second-order valence-electron chi connectivity index (χ2n) is 2.38. The van der Waals surface area contributed by atoms with Crippen molar-refractivity contribution in [1.82, 2.24) is 0 Å². The van der Waals surface area contributed by atoms with Crippen LogP contribution in [0.25, 0.3) is 0 Å². The molecule has 0 fully saturated rings.